The fourth-order valence-electron chi connectivity index (χ4n) is 3.36. The molecular formula is C21H26N2O4S. The molecule has 0 radical (unpaired) electrons. The Morgan fingerprint density at radius 1 is 1.18 bits per heavy atom. The number of anilines is 1. The smallest absolute Gasteiger partial charge is 0.251 e. The average molecular weight is 403 g/mol. The molecule has 1 atom stereocenters. The number of carbonyl (C=O) groups is 1. The molecule has 1 aliphatic heterocycles. The molecule has 0 saturated carbocycles. The molecular weight excluding hydrogens is 376 g/mol. The summed E-state index contributed by atoms with van der Waals surface area (Å²) in [5, 5.41) is 3.10. The third-order valence-corrected chi connectivity index (χ3v) is 6.12. The molecule has 1 amide bonds. The van der Waals surface area contributed by atoms with Crippen molar-refractivity contribution in [3.63, 3.8) is 0 Å². The van der Waals surface area contributed by atoms with Crippen LogP contribution in [0.1, 0.15) is 47.8 Å². The number of aryl methyl sites for hydroxylation is 1. The Morgan fingerprint density at radius 2 is 1.82 bits per heavy atom. The maximum Gasteiger partial charge on any atom is 0.251 e. The average Bonchev–Trinajstić information content (AvgIpc) is 2.60. The molecule has 3 rings (SSSR count). The van der Waals surface area contributed by atoms with E-state index < -0.39 is 10.0 Å². The van der Waals surface area contributed by atoms with E-state index in [0.29, 0.717) is 17.7 Å². The molecule has 1 aliphatic rings. The van der Waals surface area contributed by atoms with Gasteiger partial charge in [0.05, 0.1) is 18.0 Å². The lowest BCUT2D eigenvalue weighted by Crippen LogP contribution is -2.41. The molecule has 2 aromatic carbocycles. The van der Waals surface area contributed by atoms with E-state index in [2.05, 4.69) is 5.32 Å². The van der Waals surface area contributed by atoms with Crippen LogP contribution in [0.2, 0.25) is 0 Å². The van der Waals surface area contributed by atoms with E-state index in [-0.39, 0.29) is 17.6 Å². The predicted molar refractivity (Wildman–Crippen MR) is 110 cm³/mol. The van der Waals surface area contributed by atoms with Crippen LogP contribution in [0, 0.1) is 6.92 Å². The van der Waals surface area contributed by atoms with Crippen molar-refractivity contribution in [1.82, 2.24) is 5.32 Å². The van der Waals surface area contributed by atoms with Gasteiger partial charge in [0.2, 0.25) is 10.0 Å². The monoisotopic (exact) mass is 402 g/mol. The van der Waals surface area contributed by atoms with Gasteiger partial charge in [-0.05, 0) is 51.1 Å². The normalized spacial score (nSPS) is 18.0. The van der Waals surface area contributed by atoms with Crippen molar-refractivity contribution in [2.45, 2.75) is 38.8 Å². The van der Waals surface area contributed by atoms with Gasteiger partial charge >= 0.3 is 0 Å². The van der Waals surface area contributed by atoms with Gasteiger partial charge in [0.1, 0.15) is 11.4 Å². The van der Waals surface area contributed by atoms with Gasteiger partial charge in [-0.3, -0.25) is 9.10 Å². The number of carbonyl (C=O) groups excluding carboxylic acids is 1. The predicted octanol–water partition coefficient (Wildman–Crippen LogP) is 3.42. The highest BCUT2D eigenvalue weighted by atomic mass is 32.2. The van der Waals surface area contributed by atoms with Crippen LogP contribution in [0.15, 0.2) is 42.5 Å². The van der Waals surface area contributed by atoms with Gasteiger partial charge in [0.15, 0.2) is 0 Å². The van der Waals surface area contributed by atoms with E-state index in [0.717, 1.165) is 23.1 Å². The Kier molecular flexibility index (Phi) is 5.14. The molecule has 7 heteroatoms. The standard InChI is InChI=1S/C21H26N2O4S/c1-14-6-11-19-17(12-14)18(13-21(2,3)27-19)22-20(24)15-7-9-16(10-8-15)23(4)28(5,25)26/h6-12,18H,13H2,1-5H3,(H,22,24). The summed E-state index contributed by atoms with van der Waals surface area (Å²) in [5.41, 5.74) is 2.68. The maximum atomic E-state index is 12.8. The van der Waals surface area contributed by atoms with Crippen LogP contribution in [0.25, 0.3) is 0 Å². The fourth-order valence-corrected chi connectivity index (χ4v) is 3.86. The summed E-state index contributed by atoms with van der Waals surface area (Å²) in [6, 6.07) is 12.3. The Hall–Kier alpha value is -2.54. The van der Waals surface area contributed by atoms with E-state index in [1.807, 2.05) is 39.0 Å². The highest BCUT2D eigenvalue weighted by Crippen LogP contribution is 2.40. The number of benzene rings is 2. The van der Waals surface area contributed by atoms with E-state index in [1.165, 1.54) is 11.4 Å². The first-order valence-corrected chi connectivity index (χ1v) is 11.0. The number of hydrogen-bond acceptors (Lipinski definition) is 4. The minimum atomic E-state index is -3.34. The summed E-state index contributed by atoms with van der Waals surface area (Å²) in [4.78, 5) is 12.8. The molecule has 0 fully saturated rings. The molecule has 1 N–H and O–H groups in total. The van der Waals surface area contributed by atoms with Crippen molar-refractivity contribution in [2.75, 3.05) is 17.6 Å². The topological polar surface area (TPSA) is 75.7 Å². The Balaban J connectivity index is 1.82. The van der Waals surface area contributed by atoms with Gasteiger partial charge in [-0.25, -0.2) is 8.42 Å². The zero-order chi connectivity index (χ0) is 20.7. The first kappa shape index (κ1) is 20.2. The van der Waals surface area contributed by atoms with Crippen molar-refractivity contribution in [3.05, 3.63) is 59.2 Å². The van der Waals surface area contributed by atoms with Crippen molar-refractivity contribution in [2.24, 2.45) is 0 Å². The molecule has 28 heavy (non-hydrogen) atoms. The van der Waals surface area contributed by atoms with Gasteiger partial charge in [-0.2, -0.15) is 0 Å². The number of fused-ring (bicyclic) bond motifs is 1. The SMILES string of the molecule is Cc1ccc2c(c1)C(NC(=O)c1ccc(N(C)S(C)(=O)=O)cc1)CC(C)(C)O2. The highest BCUT2D eigenvalue weighted by Gasteiger charge is 2.34. The summed E-state index contributed by atoms with van der Waals surface area (Å²) >= 11 is 0. The Bertz CT molecular complexity index is 998. The lowest BCUT2D eigenvalue weighted by atomic mass is 9.88. The summed E-state index contributed by atoms with van der Waals surface area (Å²) < 4.78 is 30.5. The van der Waals surface area contributed by atoms with Crippen molar-refractivity contribution in [3.8, 4) is 5.75 Å². The highest BCUT2D eigenvalue weighted by molar-refractivity contribution is 7.92. The Labute approximate surface area is 166 Å². The van der Waals surface area contributed by atoms with Crippen molar-refractivity contribution < 1.29 is 17.9 Å². The van der Waals surface area contributed by atoms with Gasteiger partial charge in [0.25, 0.3) is 5.91 Å². The minimum absolute atomic E-state index is 0.162. The van der Waals surface area contributed by atoms with E-state index in [1.54, 1.807) is 24.3 Å². The second-order valence-corrected chi connectivity index (χ2v) is 9.92. The number of amides is 1. The first-order valence-electron chi connectivity index (χ1n) is 9.11. The number of sulfonamides is 1. The second kappa shape index (κ2) is 7.13. The summed E-state index contributed by atoms with van der Waals surface area (Å²) in [5.74, 6) is 0.584. The molecule has 0 bridgehead atoms. The zero-order valence-electron chi connectivity index (χ0n) is 16.8. The van der Waals surface area contributed by atoms with Crippen LogP contribution in [-0.4, -0.2) is 33.2 Å². The minimum Gasteiger partial charge on any atom is -0.487 e. The third kappa shape index (κ3) is 4.30. The van der Waals surface area contributed by atoms with Crippen LogP contribution in [0.5, 0.6) is 5.75 Å². The molecule has 1 unspecified atom stereocenters. The number of ether oxygens (including phenoxy) is 1. The summed E-state index contributed by atoms with van der Waals surface area (Å²) in [6.07, 6.45) is 1.80. The molecule has 0 aliphatic carbocycles. The molecule has 1 heterocycles. The van der Waals surface area contributed by atoms with Gasteiger partial charge in [-0.1, -0.05) is 17.7 Å². The maximum absolute atomic E-state index is 12.8. The lowest BCUT2D eigenvalue weighted by Gasteiger charge is -2.38. The lowest BCUT2D eigenvalue weighted by molar-refractivity contribution is 0.0619. The number of rotatable bonds is 4. The second-order valence-electron chi connectivity index (χ2n) is 7.91. The van der Waals surface area contributed by atoms with Crippen LogP contribution in [0.4, 0.5) is 5.69 Å². The summed E-state index contributed by atoms with van der Waals surface area (Å²) in [7, 11) is -1.86. The van der Waals surface area contributed by atoms with E-state index >= 15 is 0 Å². The molecule has 0 aromatic heterocycles. The number of nitrogens with one attached hydrogen (secondary N) is 1. The van der Waals surface area contributed by atoms with E-state index in [4.69, 9.17) is 4.74 Å². The first-order chi connectivity index (χ1) is 13.0. The fraction of sp³-hybridized carbons (Fsp3) is 0.381. The van der Waals surface area contributed by atoms with Crippen LogP contribution < -0.4 is 14.4 Å². The molecule has 150 valence electrons. The molecule has 6 nitrogen and oxygen atoms in total. The number of hydrogen-bond donors (Lipinski definition) is 1. The number of nitrogens with zero attached hydrogens (tertiary/aromatic N) is 1. The van der Waals surface area contributed by atoms with Gasteiger partial charge in [0, 0.05) is 24.6 Å². The van der Waals surface area contributed by atoms with Crippen LogP contribution in [-0.2, 0) is 10.0 Å². The molecule has 0 spiro atoms. The largest absolute Gasteiger partial charge is 0.487 e. The van der Waals surface area contributed by atoms with Gasteiger partial charge < -0.3 is 10.1 Å². The zero-order valence-corrected chi connectivity index (χ0v) is 17.6. The Morgan fingerprint density at radius 3 is 2.43 bits per heavy atom. The van der Waals surface area contributed by atoms with E-state index in [9.17, 15) is 13.2 Å². The quantitative estimate of drug-likeness (QED) is 0.850. The molecule has 0 saturated heterocycles. The van der Waals surface area contributed by atoms with Crippen molar-refractivity contribution >= 4 is 21.6 Å². The van der Waals surface area contributed by atoms with Crippen LogP contribution in [0.3, 0.4) is 0 Å². The summed E-state index contributed by atoms with van der Waals surface area (Å²) in [6.45, 7) is 6.02. The molecule has 2 aromatic rings. The third-order valence-electron chi connectivity index (χ3n) is 4.92. The van der Waals surface area contributed by atoms with Crippen LogP contribution >= 0.6 is 0 Å². The van der Waals surface area contributed by atoms with Gasteiger partial charge in [-0.15, -0.1) is 0 Å². The van der Waals surface area contributed by atoms with Crippen molar-refractivity contribution in [1.29, 1.82) is 0 Å².